The Kier molecular flexibility index (Phi) is 4.58. The second-order valence-corrected chi connectivity index (χ2v) is 3.42. The molecule has 0 bridgehead atoms. The fourth-order valence-electron chi connectivity index (χ4n) is 1.52. The molecule has 1 aliphatic rings. The highest BCUT2D eigenvalue weighted by molar-refractivity contribution is 4.67. The summed E-state index contributed by atoms with van der Waals surface area (Å²) >= 11 is 0. The molecule has 3 heteroatoms. The molecule has 3 nitrogen and oxygen atoms in total. The van der Waals surface area contributed by atoms with Crippen LogP contribution in [0, 0.1) is 5.92 Å². The van der Waals surface area contributed by atoms with E-state index in [1.54, 1.807) is 0 Å². The van der Waals surface area contributed by atoms with E-state index in [4.69, 9.17) is 10.5 Å². The van der Waals surface area contributed by atoms with Gasteiger partial charge in [0.1, 0.15) is 0 Å². The van der Waals surface area contributed by atoms with Crippen molar-refractivity contribution in [3.05, 3.63) is 0 Å². The van der Waals surface area contributed by atoms with Gasteiger partial charge in [-0.2, -0.15) is 0 Å². The molecule has 0 spiro atoms. The van der Waals surface area contributed by atoms with Crippen molar-refractivity contribution in [1.82, 2.24) is 4.90 Å². The molecule has 2 N–H and O–H groups in total. The van der Waals surface area contributed by atoms with Gasteiger partial charge in [0.2, 0.25) is 0 Å². The van der Waals surface area contributed by atoms with Crippen molar-refractivity contribution in [2.45, 2.75) is 13.3 Å². The van der Waals surface area contributed by atoms with E-state index in [9.17, 15) is 0 Å². The normalized spacial score (nSPS) is 22.5. The van der Waals surface area contributed by atoms with Crippen molar-refractivity contribution in [2.24, 2.45) is 11.7 Å². The zero-order valence-corrected chi connectivity index (χ0v) is 7.96. The number of rotatable bonds is 4. The van der Waals surface area contributed by atoms with Crippen LogP contribution >= 0.6 is 0 Å². The Morgan fingerprint density at radius 2 is 2.08 bits per heavy atom. The number of hydrogen-bond donors (Lipinski definition) is 1. The maximum absolute atomic E-state index is 5.64. The molecule has 1 saturated heterocycles. The van der Waals surface area contributed by atoms with Crippen molar-refractivity contribution in [3.8, 4) is 0 Å². The van der Waals surface area contributed by atoms with E-state index >= 15 is 0 Å². The molecule has 1 rings (SSSR count). The van der Waals surface area contributed by atoms with Crippen LogP contribution in [-0.2, 0) is 4.74 Å². The molecule has 1 atom stereocenters. The Bertz CT molecular complexity index is 109. The van der Waals surface area contributed by atoms with Crippen LogP contribution in [0.5, 0.6) is 0 Å². The molecule has 0 radical (unpaired) electrons. The standard InChI is InChI=1S/C9H20N2O/c1-2-9(7-10)8-11-3-5-12-6-4-11/h9H,2-8,10H2,1H3. The SMILES string of the molecule is CCC(CN)CN1CCOCC1. The van der Waals surface area contributed by atoms with E-state index in [0.717, 1.165) is 39.4 Å². The Morgan fingerprint density at radius 1 is 1.42 bits per heavy atom. The van der Waals surface area contributed by atoms with Gasteiger partial charge in [-0.3, -0.25) is 4.90 Å². The van der Waals surface area contributed by atoms with E-state index in [-0.39, 0.29) is 0 Å². The molecule has 72 valence electrons. The predicted molar refractivity (Wildman–Crippen MR) is 50.1 cm³/mol. The average Bonchev–Trinajstić information content (AvgIpc) is 2.16. The van der Waals surface area contributed by atoms with Crippen molar-refractivity contribution < 1.29 is 4.74 Å². The molecule has 0 aliphatic carbocycles. The van der Waals surface area contributed by atoms with Crippen LogP contribution in [-0.4, -0.2) is 44.3 Å². The predicted octanol–water partition coefficient (Wildman–Crippen LogP) is 0.304. The van der Waals surface area contributed by atoms with Gasteiger partial charge in [0.15, 0.2) is 0 Å². The molecule has 0 saturated carbocycles. The highest BCUT2D eigenvalue weighted by Crippen LogP contribution is 2.05. The molecule has 1 heterocycles. The second-order valence-electron chi connectivity index (χ2n) is 3.42. The Balaban J connectivity index is 2.18. The third-order valence-electron chi connectivity index (χ3n) is 2.53. The van der Waals surface area contributed by atoms with Gasteiger partial charge in [0.25, 0.3) is 0 Å². The molecule has 12 heavy (non-hydrogen) atoms. The largest absolute Gasteiger partial charge is 0.379 e. The number of hydrogen-bond acceptors (Lipinski definition) is 3. The summed E-state index contributed by atoms with van der Waals surface area (Å²) in [5.74, 6) is 0.670. The molecular formula is C9H20N2O. The van der Waals surface area contributed by atoms with Gasteiger partial charge in [0.05, 0.1) is 13.2 Å². The zero-order chi connectivity index (χ0) is 8.81. The Hall–Kier alpha value is -0.120. The lowest BCUT2D eigenvalue weighted by Crippen LogP contribution is -2.40. The first-order chi connectivity index (χ1) is 5.86. The molecule has 0 aromatic rings. The van der Waals surface area contributed by atoms with Crippen molar-refractivity contribution in [2.75, 3.05) is 39.4 Å². The topological polar surface area (TPSA) is 38.5 Å². The minimum atomic E-state index is 0.670. The minimum absolute atomic E-state index is 0.670. The van der Waals surface area contributed by atoms with Gasteiger partial charge in [-0.25, -0.2) is 0 Å². The van der Waals surface area contributed by atoms with Crippen LogP contribution < -0.4 is 5.73 Å². The van der Waals surface area contributed by atoms with Gasteiger partial charge < -0.3 is 10.5 Å². The van der Waals surface area contributed by atoms with Crippen LogP contribution in [0.3, 0.4) is 0 Å². The summed E-state index contributed by atoms with van der Waals surface area (Å²) < 4.78 is 5.28. The van der Waals surface area contributed by atoms with E-state index in [2.05, 4.69) is 11.8 Å². The zero-order valence-electron chi connectivity index (χ0n) is 7.96. The first-order valence-electron chi connectivity index (χ1n) is 4.87. The summed E-state index contributed by atoms with van der Waals surface area (Å²) in [4.78, 5) is 2.45. The third-order valence-corrected chi connectivity index (χ3v) is 2.53. The first kappa shape index (κ1) is 9.96. The van der Waals surface area contributed by atoms with Crippen molar-refractivity contribution in [3.63, 3.8) is 0 Å². The molecule has 0 aromatic heterocycles. The van der Waals surface area contributed by atoms with E-state index < -0.39 is 0 Å². The quantitative estimate of drug-likeness (QED) is 0.663. The van der Waals surface area contributed by atoms with E-state index in [1.165, 1.54) is 6.42 Å². The molecule has 1 fully saturated rings. The molecule has 0 aromatic carbocycles. The summed E-state index contributed by atoms with van der Waals surface area (Å²) in [6.07, 6.45) is 1.19. The number of nitrogens with two attached hydrogens (primary N) is 1. The van der Waals surface area contributed by atoms with Crippen LogP contribution in [0.1, 0.15) is 13.3 Å². The average molecular weight is 172 g/mol. The van der Waals surface area contributed by atoms with E-state index in [0.29, 0.717) is 5.92 Å². The lowest BCUT2D eigenvalue weighted by molar-refractivity contribution is 0.0309. The van der Waals surface area contributed by atoms with Crippen LogP contribution in [0.4, 0.5) is 0 Å². The lowest BCUT2D eigenvalue weighted by Gasteiger charge is -2.29. The molecular weight excluding hydrogens is 152 g/mol. The van der Waals surface area contributed by atoms with Crippen LogP contribution in [0.25, 0.3) is 0 Å². The van der Waals surface area contributed by atoms with E-state index in [1.807, 2.05) is 0 Å². The summed E-state index contributed by atoms with van der Waals surface area (Å²) in [7, 11) is 0. The number of ether oxygens (including phenoxy) is 1. The number of morpholine rings is 1. The van der Waals surface area contributed by atoms with Gasteiger partial charge >= 0.3 is 0 Å². The van der Waals surface area contributed by atoms with Gasteiger partial charge in [-0.1, -0.05) is 13.3 Å². The Labute approximate surface area is 74.9 Å². The highest BCUT2D eigenvalue weighted by atomic mass is 16.5. The Morgan fingerprint density at radius 3 is 2.58 bits per heavy atom. The van der Waals surface area contributed by atoms with Gasteiger partial charge in [-0.15, -0.1) is 0 Å². The minimum Gasteiger partial charge on any atom is -0.379 e. The maximum Gasteiger partial charge on any atom is 0.0594 e. The number of nitrogens with zero attached hydrogens (tertiary/aromatic N) is 1. The van der Waals surface area contributed by atoms with Crippen molar-refractivity contribution in [1.29, 1.82) is 0 Å². The lowest BCUT2D eigenvalue weighted by atomic mass is 10.1. The fraction of sp³-hybridized carbons (Fsp3) is 1.00. The fourth-order valence-corrected chi connectivity index (χ4v) is 1.52. The highest BCUT2D eigenvalue weighted by Gasteiger charge is 2.13. The monoisotopic (exact) mass is 172 g/mol. The molecule has 1 unspecified atom stereocenters. The van der Waals surface area contributed by atoms with Crippen molar-refractivity contribution >= 4 is 0 Å². The third kappa shape index (κ3) is 3.09. The summed E-state index contributed by atoms with van der Waals surface area (Å²) in [6.45, 7) is 8.11. The smallest absolute Gasteiger partial charge is 0.0594 e. The summed E-state index contributed by atoms with van der Waals surface area (Å²) in [5, 5.41) is 0. The second kappa shape index (κ2) is 5.51. The van der Waals surface area contributed by atoms with Crippen LogP contribution in [0.15, 0.2) is 0 Å². The molecule has 0 amide bonds. The maximum atomic E-state index is 5.64. The summed E-state index contributed by atoms with van der Waals surface area (Å²) in [5.41, 5.74) is 5.64. The van der Waals surface area contributed by atoms with Crippen LogP contribution in [0.2, 0.25) is 0 Å². The first-order valence-corrected chi connectivity index (χ1v) is 4.87. The summed E-state index contributed by atoms with van der Waals surface area (Å²) in [6, 6.07) is 0. The van der Waals surface area contributed by atoms with Gasteiger partial charge in [0, 0.05) is 19.6 Å². The van der Waals surface area contributed by atoms with Gasteiger partial charge in [-0.05, 0) is 12.5 Å². The molecule has 1 aliphatic heterocycles.